The van der Waals surface area contributed by atoms with E-state index < -0.39 is 0 Å². The van der Waals surface area contributed by atoms with Gasteiger partial charge in [-0.2, -0.15) is 0 Å². The summed E-state index contributed by atoms with van der Waals surface area (Å²) in [5.74, 6) is 1.81. The molecule has 3 aliphatic rings. The molecule has 0 aromatic heterocycles. The summed E-state index contributed by atoms with van der Waals surface area (Å²) in [6.07, 6.45) is 4.20. The van der Waals surface area contributed by atoms with E-state index in [0.29, 0.717) is 6.54 Å². The quantitative estimate of drug-likeness (QED) is 0.862. The highest BCUT2D eigenvalue weighted by atomic mass is 16.5. The van der Waals surface area contributed by atoms with Crippen LogP contribution in [0.1, 0.15) is 31.2 Å². The second kappa shape index (κ2) is 5.72. The topological polar surface area (TPSA) is 45.1 Å². The Balaban J connectivity index is 1.65. The van der Waals surface area contributed by atoms with Gasteiger partial charge in [0.15, 0.2) is 0 Å². The van der Waals surface area contributed by atoms with Gasteiger partial charge >= 0.3 is 0 Å². The Bertz CT molecular complexity index is 691. The lowest BCUT2D eigenvalue weighted by atomic mass is 9.92. The number of rotatable bonds is 3. The Hall–Kier alpha value is -2.30. The number of methoxy groups -OCH3 is 1. The first-order chi connectivity index (χ1) is 11.3. The van der Waals surface area contributed by atoms with E-state index in [0.717, 1.165) is 55.2 Å². The Morgan fingerprint density at radius 1 is 1.17 bits per heavy atom. The van der Waals surface area contributed by atoms with E-state index in [1.807, 2.05) is 29.2 Å². The van der Waals surface area contributed by atoms with E-state index in [4.69, 9.17) is 4.74 Å². The second-order valence-electron chi connectivity index (χ2n) is 6.21. The molecule has 0 fully saturated rings. The van der Waals surface area contributed by atoms with Gasteiger partial charge in [0.05, 0.1) is 20.2 Å². The molecule has 0 bridgehead atoms. The smallest absolute Gasteiger partial charge is 0.258 e. The molecule has 5 nitrogen and oxygen atoms in total. The first kappa shape index (κ1) is 14.3. The van der Waals surface area contributed by atoms with E-state index in [9.17, 15) is 4.79 Å². The zero-order valence-corrected chi connectivity index (χ0v) is 13.4. The van der Waals surface area contributed by atoms with Crippen molar-refractivity contribution in [3.63, 3.8) is 0 Å². The standard InChI is InChI=1S/C18H21N3O2/c1-23-14-8-6-13(7-9-14)12-21-17(22)15-4-2-3-5-16(15)20-11-10-19-18(20)21/h6-9H,2-5,10-12H2,1H3. The fraction of sp³-hybridized carbons (Fsp3) is 0.444. The van der Waals surface area contributed by atoms with Gasteiger partial charge in [-0.3, -0.25) is 14.7 Å². The van der Waals surface area contributed by atoms with Crippen molar-refractivity contribution in [2.75, 3.05) is 20.2 Å². The first-order valence-corrected chi connectivity index (χ1v) is 8.27. The summed E-state index contributed by atoms with van der Waals surface area (Å²) in [6, 6.07) is 7.89. The maximum absolute atomic E-state index is 13.0. The van der Waals surface area contributed by atoms with Crippen molar-refractivity contribution in [1.82, 2.24) is 9.80 Å². The van der Waals surface area contributed by atoms with E-state index in [1.165, 1.54) is 12.1 Å². The number of amides is 1. The molecule has 0 spiro atoms. The van der Waals surface area contributed by atoms with Crippen LogP contribution in [0.2, 0.25) is 0 Å². The zero-order valence-electron chi connectivity index (χ0n) is 13.4. The fourth-order valence-corrected chi connectivity index (χ4v) is 3.65. The number of aliphatic imine (C=N–C) groups is 1. The summed E-state index contributed by atoms with van der Waals surface area (Å²) < 4.78 is 5.20. The van der Waals surface area contributed by atoms with Gasteiger partial charge in [0.2, 0.25) is 5.96 Å². The van der Waals surface area contributed by atoms with Gasteiger partial charge in [-0.05, 0) is 43.4 Å². The lowest BCUT2D eigenvalue weighted by Crippen LogP contribution is -2.50. The van der Waals surface area contributed by atoms with Gasteiger partial charge < -0.3 is 9.64 Å². The van der Waals surface area contributed by atoms with E-state index in [1.54, 1.807) is 7.11 Å². The number of carbonyl (C=O) groups excluding carboxylic acids is 1. The number of hydrogen-bond donors (Lipinski definition) is 0. The van der Waals surface area contributed by atoms with E-state index in [2.05, 4.69) is 9.89 Å². The minimum atomic E-state index is 0.146. The summed E-state index contributed by atoms with van der Waals surface area (Å²) in [5, 5.41) is 0. The average Bonchev–Trinajstić information content (AvgIpc) is 3.09. The van der Waals surface area contributed by atoms with Crippen LogP contribution in [0.5, 0.6) is 5.75 Å². The number of ether oxygens (including phenoxy) is 1. The van der Waals surface area contributed by atoms with Crippen molar-refractivity contribution in [2.24, 2.45) is 4.99 Å². The largest absolute Gasteiger partial charge is 0.497 e. The Morgan fingerprint density at radius 2 is 1.96 bits per heavy atom. The number of hydrogen-bond acceptors (Lipinski definition) is 4. The predicted molar refractivity (Wildman–Crippen MR) is 88.0 cm³/mol. The van der Waals surface area contributed by atoms with Crippen LogP contribution >= 0.6 is 0 Å². The van der Waals surface area contributed by atoms with Crippen molar-refractivity contribution in [3.05, 3.63) is 41.1 Å². The average molecular weight is 311 g/mol. The third-order valence-electron chi connectivity index (χ3n) is 4.83. The molecular formula is C18H21N3O2. The summed E-state index contributed by atoms with van der Waals surface area (Å²) in [5.41, 5.74) is 3.32. The zero-order chi connectivity index (χ0) is 15.8. The van der Waals surface area contributed by atoms with Crippen LogP contribution in [0, 0.1) is 0 Å². The van der Waals surface area contributed by atoms with Crippen molar-refractivity contribution in [1.29, 1.82) is 0 Å². The molecule has 0 saturated heterocycles. The molecule has 120 valence electrons. The fourth-order valence-electron chi connectivity index (χ4n) is 3.65. The number of benzene rings is 1. The van der Waals surface area contributed by atoms with Crippen LogP contribution in [0.4, 0.5) is 0 Å². The third-order valence-corrected chi connectivity index (χ3v) is 4.83. The van der Waals surface area contributed by atoms with Crippen LogP contribution < -0.4 is 4.74 Å². The number of guanidine groups is 1. The molecule has 0 radical (unpaired) electrons. The van der Waals surface area contributed by atoms with Crippen molar-refractivity contribution in [3.8, 4) is 5.75 Å². The minimum absolute atomic E-state index is 0.146. The molecule has 0 saturated carbocycles. The van der Waals surface area contributed by atoms with Crippen LogP contribution in [-0.4, -0.2) is 41.9 Å². The van der Waals surface area contributed by atoms with Gasteiger partial charge in [-0.25, -0.2) is 0 Å². The van der Waals surface area contributed by atoms with E-state index >= 15 is 0 Å². The second-order valence-corrected chi connectivity index (χ2v) is 6.21. The molecule has 1 aromatic rings. The molecule has 1 aliphatic carbocycles. The van der Waals surface area contributed by atoms with Crippen molar-refractivity contribution in [2.45, 2.75) is 32.2 Å². The SMILES string of the molecule is COc1ccc(CN2C(=O)C3=C(CCCC3)N3CCN=C23)cc1. The highest BCUT2D eigenvalue weighted by Gasteiger charge is 2.39. The maximum Gasteiger partial charge on any atom is 0.258 e. The predicted octanol–water partition coefficient (Wildman–Crippen LogP) is 2.54. The lowest BCUT2D eigenvalue weighted by molar-refractivity contribution is -0.125. The molecule has 23 heavy (non-hydrogen) atoms. The van der Waals surface area contributed by atoms with Gasteiger partial charge in [0.25, 0.3) is 5.91 Å². The number of carbonyl (C=O) groups is 1. The molecule has 2 aliphatic heterocycles. The molecular weight excluding hydrogens is 290 g/mol. The van der Waals surface area contributed by atoms with Crippen LogP contribution in [-0.2, 0) is 11.3 Å². The number of nitrogens with zero attached hydrogens (tertiary/aromatic N) is 3. The Labute approximate surface area is 136 Å². The van der Waals surface area contributed by atoms with Gasteiger partial charge in [-0.1, -0.05) is 12.1 Å². The Kier molecular flexibility index (Phi) is 3.56. The first-order valence-electron chi connectivity index (χ1n) is 8.27. The van der Waals surface area contributed by atoms with E-state index in [-0.39, 0.29) is 5.91 Å². The van der Waals surface area contributed by atoms with Gasteiger partial charge in [0.1, 0.15) is 5.75 Å². The normalized spacial score (nSPS) is 20.4. The summed E-state index contributed by atoms with van der Waals surface area (Å²) in [6.45, 7) is 2.24. The molecule has 1 aromatic carbocycles. The monoisotopic (exact) mass is 311 g/mol. The molecule has 0 N–H and O–H groups in total. The number of allylic oxidation sites excluding steroid dienone is 1. The lowest BCUT2D eigenvalue weighted by Gasteiger charge is -2.39. The van der Waals surface area contributed by atoms with Gasteiger partial charge in [0, 0.05) is 17.8 Å². The number of fused-ring (bicyclic) bond motifs is 2. The molecule has 1 amide bonds. The highest BCUT2D eigenvalue weighted by molar-refractivity contribution is 6.09. The highest BCUT2D eigenvalue weighted by Crippen LogP contribution is 2.35. The Morgan fingerprint density at radius 3 is 2.74 bits per heavy atom. The molecule has 0 unspecified atom stereocenters. The minimum Gasteiger partial charge on any atom is -0.497 e. The third kappa shape index (κ3) is 2.40. The summed E-state index contributed by atoms with van der Waals surface area (Å²) in [4.78, 5) is 21.7. The molecule has 5 heteroatoms. The molecule has 0 atom stereocenters. The van der Waals surface area contributed by atoms with Crippen LogP contribution in [0.25, 0.3) is 0 Å². The van der Waals surface area contributed by atoms with Crippen molar-refractivity contribution >= 4 is 11.9 Å². The summed E-state index contributed by atoms with van der Waals surface area (Å²) >= 11 is 0. The molecule has 4 rings (SSSR count). The maximum atomic E-state index is 13.0. The van der Waals surface area contributed by atoms with Gasteiger partial charge in [-0.15, -0.1) is 0 Å². The summed E-state index contributed by atoms with van der Waals surface area (Å²) in [7, 11) is 1.66. The van der Waals surface area contributed by atoms with Crippen molar-refractivity contribution < 1.29 is 9.53 Å². The van der Waals surface area contributed by atoms with Crippen LogP contribution in [0.15, 0.2) is 40.5 Å². The molecule has 2 heterocycles. The van der Waals surface area contributed by atoms with Crippen LogP contribution in [0.3, 0.4) is 0 Å².